The zero-order valence-electron chi connectivity index (χ0n) is 7.75. The Morgan fingerprint density at radius 3 is 2.92 bits per heavy atom. The van der Waals surface area contributed by atoms with Crippen molar-refractivity contribution in [1.29, 1.82) is 0 Å². The van der Waals surface area contributed by atoms with Crippen LogP contribution in [0, 0.1) is 0 Å². The normalized spacial score (nSPS) is 12.8. The second-order valence-corrected chi connectivity index (χ2v) is 2.93. The van der Waals surface area contributed by atoms with Gasteiger partial charge in [0.05, 0.1) is 5.69 Å². The van der Waals surface area contributed by atoms with Crippen molar-refractivity contribution in [2.45, 2.75) is 26.3 Å². The second-order valence-electron chi connectivity index (χ2n) is 2.93. The Bertz CT molecular complexity index is 208. The molecular formula is C10H16N2. The van der Waals surface area contributed by atoms with Crippen LogP contribution in [0.2, 0.25) is 0 Å². The lowest BCUT2D eigenvalue weighted by molar-refractivity contribution is 0.558. The van der Waals surface area contributed by atoms with E-state index in [0.717, 1.165) is 18.7 Å². The van der Waals surface area contributed by atoms with Crippen LogP contribution in [0.4, 0.5) is 0 Å². The number of pyridine rings is 1. The molecule has 0 fully saturated rings. The number of nitrogens with one attached hydrogen (secondary N) is 1. The first kappa shape index (κ1) is 9.20. The summed E-state index contributed by atoms with van der Waals surface area (Å²) in [5.41, 5.74) is 1.12. The van der Waals surface area contributed by atoms with E-state index < -0.39 is 0 Å². The Hall–Kier alpha value is -0.890. The van der Waals surface area contributed by atoms with Gasteiger partial charge in [0.2, 0.25) is 0 Å². The summed E-state index contributed by atoms with van der Waals surface area (Å²) < 4.78 is 0. The van der Waals surface area contributed by atoms with Crippen molar-refractivity contribution in [2.24, 2.45) is 0 Å². The van der Waals surface area contributed by atoms with Crippen LogP contribution in [-0.2, 0) is 0 Å². The highest BCUT2D eigenvalue weighted by Gasteiger charge is 2.02. The molecule has 1 aromatic heterocycles. The molecule has 1 aromatic rings. The SMILES string of the molecule is CCCN[C@H](C)c1ccccn1. The predicted molar refractivity (Wildman–Crippen MR) is 50.9 cm³/mol. The van der Waals surface area contributed by atoms with Crippen molar-refractivity contribution in [1.82, 2.24) is 10.3 Å². The fourth-order valence-corrected chi connectivity index (χ4v) is 1.10. The maximum atomic E-state index is 4.27. The van der Waals surface area contributed by atoms with E-state index in [1.165, 1.54) is 0 Å². The molecule has 66 valence electrons. The quantitative estimate of drug-likeness (QED) is 0.737. The summed E-state index contributed by atoms with van der Waals surface area (Å²) in [6.07, 6.45) is 3.00. The van der Waals surface area contributed by atoms with Gasteiger partial charge in [-0.25, -0.2) is 0 Å². The van der Waals surface area contributed by atoms with Gasteiger partial charge in [-0.1, -0.05) is 13.0 Å². The van der Waals surface area contributed by atoms with Gasteiger partial charge in [0.25, 0.3) is 0 Å². The first-order valence-corrected chi connectivity index (χ1v) is 4.49. The molecule has 0 amide bonds. The summed E-state index contributed by atoms with van der Waals surface area (Å²) in [4.78, 5) is 4.27. The molecule has 0 aromatic carbocycles. The highest BCUT2D eigenvalue weighted by atomic mass is 14.9. The van der Waals surface area contributed by atoms with E-state index in [9.17, 15) is 0 Å². The molecule has 0 unspecified atom stereocenters. The molecule has 1 atom stereocenters. The number of nitrogens with zero attached hydrogens (tertiary/aromatic N) is 1. The van der Waals surface area contributed by atoms with Crippen LogP contribution >= 0.6 is 0 Å². The zero-order chi connectivity index (χ0) is 8.81. The van der Waals surface area contributed by atoms with Gasteiger partial charge in [-0.2, -0.15) is 0 Å². The Morgan fingerprint density at radius 1 is 1.50 bits per heavy atom. The van der Waals surface area contributed by atoms with Crippen LogP contribution < -0.4 is 5.32 Å². The molecule has 0 saturated heterocycles. The predicted octanol–water partition coefficient (Wildman–Crippen LogP) is 2.14. The fraction of sp³-hybridized carbons (Fsp3) is 0.500. The molecule has 1 N–H and O–H groups in total. The van der Waals surface area contributed by atoms with Crippen molar-refractivity contribution < 1.29 is 0 Å². The van der Waals surface area contributed by atoms with E-state index in [1.54, 1.807) is 0 Å². The van der Waals surface area contributed by atoms with E-state index in [2.05, 4.69) is 24.1 Å². The van der Waals surface area contributed by atoms with Gasteiger partial charge in [-0.3, -0.25) is 4.98 Å². The molecule has 0 aliphatic heterocycles. The van der Waals surface area contributed by atoms with Crippen molar-refractivity contribution in [3.05, 3.63) is 30.1 Å². The zero-order valence-corrected chi connectivity index (χ0v) is 7.75. The van der Waals surface area contributed by atoms with E-state index in [0.29, 0.717) is 6.04 Å². The van der Waals surface area contributed by atoms with E-state index >= 15 is 0 Å². The average molecular weight is 164 g/mol. The fourth-order valence-electron chi connectivity index (χ4n) is 1.10. The molecule has 0 aliphatic carbocycles. The summed E-state index contributed by atoms with van der Waals surface area (Å²) in [5, 5.41) is 3.39. The van der Waals surface area contributed by atoms with Crippen LogP contribution in [-0.4, -0.2) is 11.5 Å². The van der Waals surface area contributed by atoms with Gasteiger partial charge in [0.15, 0.2) is 0 Å². The van der Waals surface area contributed by atoms with Gasteiger partial charge >= 0.3 is 0 Å². The van der Waals surface area contributed by atoms with Crippen LogP contribution in [0.15, 0.2) is 24.4 Å². The summed E-state index contributed by atoms with van der Waals surface area (Å²) in [7, 11) is 0. The molecule has 0 saturated carbocycles. The van der Waals surface area contributed by atoms with Crippen LogP contribution in [0.5, 0.6) is 0 Å². The number of rotatable bonds is 4. The molecular weight excluding hydrogens is 148 g/mol. The molecule has 2 nitrogen and oxygen atoms in total. The third-order valence-corrected chi connectivity index (χ3v) is 1.83. The van der Waals surface area contributed by atoms with Crippen molar-refractivity contribution in [3.63, 3.8) is 0 Å². The molecule has 1 heterocycles. The third kappa shape index (κ3) is 2.62. The summed E-state index contributed by atoms with van der Waals surface area (Å²) in [5.74, 6) is 0. The highest BCUT2D eigenvalue weighted by Crippen LogP contribution is 2.06. The smallest absolute Gasteiger partial charge is 0.0570 e. The van der Waals surface area contributed by atoms with Crippen molar-refractivity contribution in [2.75, 3.05) is 6.54 Å². The van der Waals surface area contributed by atoms with Gasteiger partial charge < -0.3 is 5.32 Å². The molecule has 2 heteroatoms. The highest BCUT2D eigenvalue weighted by molar-refractivity contribution is 5.07. The lowest BCUT2D eigenvalue weighted by Gasteiger charge is -2.11. The van der Waals surface area contributed by atoms with E-state index in [4.69, 9.17) is 0 Å². The maximum absolute atomic E-state index is 4.27. The topological polar surface area (TPSA) is 24.9 Å². The summed E-state index contributed by atoms with van der Waals surface area (Å²) in [6.45, 7) is 5.36. The minimum Gasteiger partial charge on any atom is -0.309 e. The van der Waals surface area contributed by atoms with Gasteiger partial charge in [0.1, 0.15) is 0 Å². The standard InChI is InChI=1S/C10H16N2/c1-3-7-11-9(2)10-6-4-5-8-12-10/h4-6,8-9,11H,3,7H2,1-2H3/t9-/m1/s1. The molecule has 0 radical (unpaired) electrons. The molecule has 0 spiro atoms. The molecule has 0 bridgehead atoms. The number of hydrogen-bond acceptors (Lipinski definition) is 2. The third-order valence-electron chi connectivity index (χ3n) is 1.83. The maximum Gasteiger partial charge on any atom is 0.0570 e. The van der Waals surface area contributed by atoms with E-state index in [-0.39, 0.29) is 0 Å². The lowest BCUT2D eigenvalue weighted by Crippen LogP contribution is -2.19. The Balaban J connectivity index is 2.48. The number of hydrogen-bond donors (Lipinski definition) is 1. The van der Waals surface area contributed by atoms with Crippen LogP contribution in [0.25, 0.3) is 0 Å². The molecule has 0 aliphatic rings. The summed E-state index contributed by atoms with van der Waals surface area (Å²) in [6, 6.07) is 6.38. The Labute approximate surface area is 74.0 Å². The van der Waals surface area contributed by atoms with Crippen LogP contribution in [0.1, 0.15) is 32.0 Å². The lowest BCUT2D eigenvalue weighted by atomic mass is 10.2. The summed E-state index contributed by atoms with van der Waals surface area (Å²) >= 11 is 0. The molecule has 1 rings (SSSR count). The van der Waals surface area contributed by atoms with E-state index in [1.807, 2.05) is 24.4 Å². The average Bonchev–Trinajstić information content (AvgIpc) is 2.15. The Morgan fingerprint density at radius 2 is 2.33 bits per heavy atom. The monoisotopic (exact) mass is 164 g/mol. The van der Waals surface area contributed by atoms with Gasteiger partial charge in [-0.15, -0.1) is 0 Å². The van der Waals surface area contributed by atoms with Gasteiger partial charge in [-0.05, 0) is 32.0 Å². The first-order valence-electron chi connectivity index (χ1n) is 4.49. The van der Waals surface area contributed by atoms with Gasteiger partial charge in [0, 0.05) is 12.2 Å². The second kappa shape index (κ2) is 4.88. The Kier molecular flexibility index (Phi) is 3.74. The molecule has 12 heavy (non-hydrogen) atoms. The van der Waals surface area contributed by atoms with Crippen LogP contribution in [0.3, 0.4) is 0 Å². The first-order chi connectivity index (χ1) is 5.84. The number of aromatic nitrogens is 1. The van der Waals surface area contributed by atoms with Crippen molar-refractivity contribution >= 4 is 0 Å². The van der Waals surface area contributed by atoms with Crippen molar-refractivity contribution in [3.8, 4) is 0 Å². The minimum absolute atomic E-state index is 0.367. The minimum atomic E-state index is 0.367. The largest absolute Gasteiger partial charge is 0.309 e.